The highest BCUT2D eigenvalue weighted by Gasteiger charge is 2.29. The molecular formula is C13H22N4O. The summed E-state index contributed by atoms with van der Waals surface area (Å²) in [6.07, 6.45) is 5.84. The van der Waals surface area contributed by atoms with Crippen molar-refractivity contribution in [3.63, 3.8) is 0 Å². The predicted octanol–water partition coefficient (Wildman–Crippen LogP) is 1.30. The van der Waals surface area contributed by atoms with Crippen LogP contribution in [0.4, 0.5) is 0 Å². The molecule has 0 radical (unpaired) electrons. The average molecular weight is 250 g/mol. The van der Waals surface area contributed by atoms with Gasteiger partial charge in [0.25, 0.3) is 0 Å². The summed E-state index contributed by atoms with van der Waals surface area (Å²) >= 11 is 0. The van der Waals surface area contributed by atoms with E-state index < -0.39 is 0 Å². The summed E-state index contributed by atoms with van der Waals surface area (Å²) in [4.78, 5) is 7.09. The highest BCUT2D eigenvalue weighted by Crippen LogP contribution is 2.31. The van der Waals surface area contributed by atoms with Gasteiger partial charge in [-0.3, -0.25) is 4.90 Å². The van der Waals surface area contributed by atoms with Crippen LogP contribution in [0.15, 0.2) is 0 Å². The number of aromatic nitrogens is 3. The van der Waals surface area contributed by atoms with Crippen molar-refractivity contribution in [1.82, 2.24) is 19.7 Å². The largest absolute Gasteiger partial charge is 0.396 e. The van der Waals surface area contributed by atoms with Crippen LogP contribution in [0, 0.1) is 0 Å². The van der Waals surface area contributed by atoms with Gasteiger partial charge >= 0.3 is 0 Å². The number of nitrogens with zero attached hydrogens (tertiary/aromatic N) is 4. The van der Waals surface area contributed by atoms with Crippen molar-refractivity contribution in [2.24, 2.45) is 0 Å². The summed E-state index contributed by atoms with van der Waals surface area (Å²) in [6, 6.07) is 0.371. The number of hydrogen-bond acceptors (Lipinski definition) is 4. The second-order valence-electron chi connectivity index (χ2n) is 5.57. The SMILES string of the molecule is CN1CCCCC1c1nc2n(n1)CCCC2CO. The molecule has 0 aliphatic carbocycles. The first-order valence-corrected chi connectivity index (χ1v) is 7.05. The van der Waals surface area contributed by atoms with Crippen LogP contribution >= 0.6 is 0 Å². The highest BCUT2D eigenvalue weighted by atomic mass is 16.3. The number of fused-ring (bicyclic) bond motifs is 1. The number of piperidine rings is 1. The van der Waals surface area contributed by atoms with E-state index in [-0.39, 0.29) is 12.5 Å². The quantitative estimate of drug-likeness (QED) is 0.859. The van der Waals surface area contributed by atoms with E-state index in [9.17, 15) is 5.11 Å². The maximum Gasteiger partial charge on any atom is 0.168 e. The Hall–Kier alpha value is -0.940. The van der Waals surface area contributed by atoms with Crippen LogP contribution in [0.5, 0.6) is 0 Å². The Labute approximate surface area is 108 Å². The zero-order valence-electron chi connectivity index (χ0n) is 11.0. The molecule has 0 aromatic carbocycles. The third kappa shape index (κ3) is 2.06. The Balaban J connectivity index is 1.87. The first-order valence-electron chi connectivity index (χ1n) is 7.05. The maximum absolute atomic E-state index is 9.42. The molecule has 5 heteroatoms. The van der Waals surface area contributed by atoms with Gasteiger partial charge in [-0.1, -0.05) is 6.42 Å². The summed E-state index contributed by atoms with van der Waals surface area (Å²) in [5.41, 5.74) is 0. The van der Waals surface area contributed by atoms with Gasteiger partial charge in [0.05, 0.1) is 12.6 Å². The lowest BCUT2D eigenvalue weighted by Gasteiger charge is -2.30. The lowest BCUT2D eigenvalue weighted by atomic mass is 10.00. The fourth-order valence-electron chi connectivity index (χ4n) is 3.17. The molecule has 2 atom stereocenters. The van der Waals surface area contributed by atoms with Gasteiger partial charge in [-0.15, -0.1) is 0 Å². The summed E-state index contributed by atoms with van der Waals surface area (Å²) in [6.45, 7) is 2.28. The standard InChI is InChI=1S/C13H22N4O/c1-16-7-3-2-6-11(16)12-14-13-10(9-18)5-4-8-17(13)15-12/h10-11,18H,2-9H2,1H3. The fourth-order valence-corrected chi connectivity index (χ4v) is 3.17. The summed E-state index contributed by atoms with van der Waals surface area (Å²) in [7, 11) is 2.16. The van der Waals surface area contributed by atoms with Gasteiger partial charge in [0.1, 0.15) is 5.82 Å². The average Bonchev–Trinajstić information content (AvgIpc) is 2.82. The van der Waals surface area contributed by atoms with Crippen molar-refractivity contribution in [3.8, 4) is 0 Å². The normalized spacial score (nSPS) is 29.2. The molecule has 2 aliphatic rings. The second-order valence-corrected chi connectivity index (χ2v) is 5.57. The highest BCUT2D eigenvalue weighted by molar-refractivity contribution is 5.06. The topological polar surface area (TPSA) is 54.2 Å². The summed E-state index contributed by atoms with van der Waals surface area (Å²) in [5.74, 6) is 2.15. The molecule has 2 unspecified atom stereocenters. The maximum atomic E-state index is 9.42. The van der Waals surface area contributed by atoms with E-state index in [4.69, 9.17) is 4.98 Å². The molecule has 1 aromatic heterocycles. The van der Waals surface area contributed by atoms with E-state index in [1.165, 1.54) is 12.8 Å². The van der Waals surface area contributed by atoms with Crippen molar-refractivity contribution >= 4 is 0 Å². The van der Waals surface area contributed by atoms with Crippen LogP contribution in [0.3, 0.4) is 0 Å². The second kappa shape index (κ2) is 4.97. The third-order valence-electron chi connectivity index (χ3n) is 4.29. The lowest BCUT2D eigenvalue weighted by molar-refractivity contribution is 0.179. The number of aliphatic hydroxyl groups is 1. The Morgan fingerprint density at radius 1 is 1.22 bits per heavy atom. The minimum absolute atomic E-state index is 0.189. The van der Waals surface area contributed by atoms with Crippen LogP contribution < -0.4 is 0 Å². The first-order chi connectivity index (χ1) is 8.79. The van der Waals surface area contributed by atoms with Crippen LogP contribution in [-0.2, 0) is 6.54 Å². The van der Waals surface area contributed by atoms with Crippen molar-refractivity contribution in [1.29, 1.82) is 0 Å². The van der Waals surface area contributed by atoms with E-state index in [0.29, 0.717) is 6.04 Å². The molecular weight excluding hydrogens is 228 g/mol. The molecule has 0 spiro atoms. The summed E-state index contributed by atoms with van der Waals surface area (Å²) in [5, 5.41) is 14.1. The predicted molar refractivity (Wildman–Crippen MR) is 68.3 cm³/mol. The molecule has 100 valence electrons. The molecule has 5 nitrogen and oxygen atoms in total. The fraction of sp³-hybridized carbons (Fsp3) is 0.846. The molecule has 1 fully saturated rings. The first kappa shape index (κ1) is 12.1. The third-order valence-corrected chi connectivity index (χ3v) is 4.29. The number of hydrogen-bond donors (Lipinski definition) is 1. The molecule has 18 heavy (non-hydrogen) atoms. The van der Waals surface area contributed by atoms with Crippen molar-refractivity contribution in [2.75, 3.05) is 20.2 Å². The van der Waals surface area contributed by atoms with Crippen LogP contribution in [-0.4, -0.2) is 45.0 Å². The van der Waals surface area contributed by atoms with Crippen LogP contribution in [0.2, 0.25) is 0 Å². The van der Waals surface area contributed by atoms with Crippen molar-refractivity contribution in [2.45, 2.75) is 50.6 Å². The Morgan fingerprint density at radius 2 is 2.11 bits per heavy atom. The van der Waals surface area contributed by atoms with Crippen molar-refractivity contribution in [3.05, 3.63) is 11.6 Å². The molecule has 3 rings (SSSR count). The van der Waals surface area contributed by atoms with Gasteiger partial charge in [0, 0.05) is 12.5 Å². The van der Waals surface area contributed by atoms with Gasteiger partial charge in [-0.2, -0.15) is 5.10 Å². The van der Waals surface area contributed by atoms with Crippen molar-refractivity contribution < 1.29 is 5.11 Å². The molecule has 0 saturated carbocycles. The van der Waals surface area contributed by atoms with Gasteiger partial charge in [-0.25, -0.2) is 9.67 Å². The van der Waals surface area contributed by atoms with Gasteiger partial charge < -0.3 is 5.11 Å². The van der Waals surface area contributed by atoms with E-state index in [1.54, 1.807) is 0 Å². The number of aryl methyl sites for hydroxylation is 1. The molecule has 3 heterocycles. The molecule has 1 aromatic rings. The Morgan fingerprint density at radius 3 is 2.89 bits per heavy atom. The minimum atomic E-state index is 0.189. The smallest absolute Gasteiger partial charge is 0.168 e. The van der Waals surface area contributed by atoms with E-state index in [2.05, 4.69) is 17.0 Å². The van der Waals surface area contributed by atoms with Crippen LogP contribution in [0.25, 0.3) is 0 Å². The zero-order valence-corrected chi connectivity index (χ0v) is 11.0. The Kier molecular flexibility index (Phi) is 3.35. The van der Waals surface area contributed by atoms with Crippen LogP contribution in [0.1, 0.15) is 55.7 Å². The number of aliphatic hydroxyl groups excluding tert-OH is 1. The van der Waals surface area contributed by atoms with E-state index >= 15 is 0 Å². The number of likely N-dealkylation sites (tertiary alicyclic amines) is 1. The van der Waals surface area contributed by atoms with Gasteiger partial charge in [0.2, 0.25) is 0 Å². The number of rotatable bonds is 2. The summed E-state index contributed by atoms with van der Waals surface area (Å²) < 4.78 is 2.02. The van der Waals surface area contributed by atoms with Gasteiger partial charge in [0.15, 0.2) is 5.82 Å². The lowest BCUT2D eigenvalue weighted by Crippen LogP contribution is -2.30. The molecule has 1 N–H and O–H groups in total. The van der Waals surface area contributed by atoms with E-state index in [1.807, 2.05) is 4.68 Å². The van der Waals surface area contributed by atoms with E-state index in [0.717, 1.165) is 44.0 Å². The zero-order chi connectivity index (χ0) is 12.5. The van der Waals surface area contributed by atoms with Gasteiger partial charge in [-0.05, 0) is 39.3 Å². The molecule has 0 bridgehead atoms. The molecule has 0 amide bonds. The monoisotopic (exact) mass is 250 g/mol. The molecule has 2 aliphatic heterocycles. The molecule has 1 saturated heterocycles. The Bertz CT molecular complexity index is 417. The minimum Gasteiger partial charge on any atom is -0.396 e.